The number of hydrogen-bond donors (Lipinski definition) is 3. The van der Waals surface area contributed by atoms with E-state index in [1.807, 2.05) is 27.7 Å². The SMILES string of the molecule is CCC(N)(CC)CNC(=O)c1ccc(NC(=O)CC(C)C)c(F)c1.Cl. The van der Waals surface area contributed by atoms with Gasteiger partial charge in [-0.2, -0.15) is 0 Å². The molecule has 0 saturated heterocycles. The minimum absolute atomic E-state index is 0. The summed E-state index contributed by atoms with van der Waals surface area (Å²) in [7, 11) is 0. The van der Waals surface area contributed by atoms with Crippen molar-refractivity contribution in [1.82, 2.24) is 5.32 Å². The van der Waals surface area contributed by atoms with E-state index < -0.39 is 11.4 Å². The van der Waals surface area contributed by atoms with Crippen LogP contribution in [-0.2, 0) is 4.79 Å². The summed E-state index contributed by atoms with van der Waals surface area (Å²) >= 11 is 0. The highest BCUT2D eigenvalue weighted by Crippen LogP contribution is 2.17. The molecule has 0 aliphatic heterocycles. The summed E-state index contributed by atoms with van der Waals surface area (Å²) in [5.41, 5.74) is 5.95. The smallest absolute Gasteiger partial charge is 0.251 e. The van der Waals surface area contributed by atoms with Crippen LogP contribution in [0.1, 0.15) is 57.3 Å². The van der Waals surface area contributed by atoms with Crippen LogP contribution in [0.5, 0.6) is 0 Å². The summed E-state index contributed by atoms with van der Waals surface area (Å²) in [6.07, 6.45) is 1.78. The molecule has 0 aromatic heterocycles. The third-order valence-corrected chi connectivity index (χ3v) is 4.11. The van der Waals surface area contributed by atoms with E-state index >= 15 is 0 Å². The van der Waals surface area contributed by atoms with E-state index in [2.05, 4.69) is 10.6 Å². The van der Waals surface area contributed by atoms with Crippen LogP contribution < -0.4 is 16.4 Å². The highest BCUT2D eigenvalue weighted by Gasteiger charge is 2.21. The predicted molar refractivity (Wildman–Crippen MR) is 102 cm³/mol. The van der Waals surface area contributed by atoms with Crippen LogP contribution in [0.15, 0.2) is 18.2 Å². The fraction of sp³-hybridized carbons (Fsp3) is 0.556. The van der Waals surface area contributed by atoms with E-state index in [1.165, 1.54) is 12.1 Å². The van der Waals surface area contributed by atoms with E-state index in [1.54, 1.807) is 0 Å². The lowest BCUT2D eigenvalue weighted by Gasteiger charge is -2.26. The van der Waals surface area contributed by atoms with E-state index in [9.17, 15) is 14.0 Å². The molecule has 1 aromatic rings. The van der Waals surface area contributed by atoms with Gasteiger partial charge in [-0.15, -0.1) is 12.4 Å². The van der Waals surface area contributed by atoms with Crippen molar-refractivity contribution in [3.8, 4) is 0 Å². The Balaban J connectivity index is 0.00000576. The van der Waals surface area contributed by atoms with E-state index in [0.717, 1.165) is 18.9 Å². The highest BCUT2D eigenvalue weighted by atomic mass is 35.5. The number of hydrogen-bond acceptors (Lipinski definition) is 3. The molecule has 0 heterocycles. The Labute approximate surface area is 155 Å². The predicted octanol–water partition coefficient (Wildman–Crippen LogP) is 3.48. The molecule has 142 valence electrons. The second-order valence-electron chi connectivity index (χ2n) is 6.59. The molecule has 0 fully saturated rings. The van der Waals surface area contributed by atoms with Crippen molar-refractivity contribution in [2.75, 3.05) is 11.9 Å². The summed E-state index contributed by atoms with van der Waals surface area (Å²) in [6.45, 7) is 8.07. The zero-order chi connectivity index (χ0) is 18.3. The first-order valence-electron chi connectivity index (χ1n) is 8.37. The molecule has 4 N–H and O–H groups in total. The highest BCUT2D eigenvalue weighted by molar-refractivity contribution is 5.96. The molecule has 25 heavy (non-hydrogen) atoms. The van der Waals surface area contributed by atoms with Crippen molar-refractivity contribution in [3.63, 3.8) is 0 Å². The van der Waals surface area contributed by atoms with Crippen molar-refractivity contribution >= 4 is 29.9 Å². The van der Waals surface area contributed by atoms with Gasteiger partial charge in [-0.3, -0.25) is 9.59 Å². The minimum Gasteiger partial charge on any atom is -0.350 e. The standard InChI is InChI=1S/C18H28FN3O2.ClH/c1-5-18(20,6-2)11-21-17(24)13-7-8-15(14(19)10-13)22-16(23)9-12(3)4;/h7-8,10,12H,5-6,9,11,20H2,1-4H3,(H,21,24)(H,22,23);1H. The van der Waals surface area contributed by atoms with Crippen LogP contribution in [0.3, 0.4) is 0 Å². The lowest BCUT2D eigenvalue weighted by molar-refractivity contribution is -0.116. The number of nitrogens with one attached hydrogen (secondary N) is 2. The molecular weight excluding hydrogens is 345 g/mol. The van der Waals surface area contributed by atoms with Gasteiger partial charge in [0.2, 0.25) is 5.91 Å². The van der Waals surface area contributed by atoms with Crippen LogP contribution >= 0.6 is 12.4 Å². The van der Waals surface area contributed by atoms with Crippen LogP contribution in [0.25, 0.3) is 0 Å². The van der Waals surface area contributed by atoms with Crippen LogP contribution in [-0.4, -0.2) is 23.9 Å². The Morgan fingerprint density at radius 2 is 1.84 bits per heavy atom. The van der Waals surface area contributed by atoms with Gasteiger partial charge in [-0.1, -0.05) is 27.7 Å². The van der Waals surface area contributed by atoms with Crippen LogP contribution in [0.4, 0.5) is 10.1 Å². The van der Waals surface area contributed by atoms with Gasteiger partial charge in [0.1, 0.15) is 5.82 Å². The molecule has 0 saturated carbocycles. The molecule has 0 aliphatic carbocycles. The fourth-order valence-corrected chi connectivity index (χ4v) is 2.19. The molecule has 0 radical (unpaired) electrons. The summed E-state index contributed by atoms with van der Waals surface area (Å²) in [4.78, 5) is 23.8. The molecule has 0 aliphatic rings. The van der Waals surface area contributed by atoms with Crippen LogP contribution in [0, 0.1) is 11.7 Å². The van der Waals surface area contributed by atoms with Gasteiger partial charge in [0.05, 0.1) is 5.69 Å². The first-order valence-corrected chi connectivity index (χ1v) is 8.37. The zero-order valence-corrected chi connectivity index (χ0v) is 16.1. The van der Waals surface area contributed by atoms with E-state index in [-0.39, 0.29) is 41.4 Å². The van der Waals surface area contributed by atoms with Crippen LogP contribution in [0.2, 0.25) is 0 Å². The first-order chi connectivity index (χ1) is 11.2. The summed E-state index contributed by atoms with van der Waals surface area (Å²) in [6, 6.07) is 4.01. The van der Waals surface area contributed by atoms with Gasteiger partial charge in [0.15, 0.2) is 0 Å². The van der Waals surface area contributed by atoms with E-state index in [4.69, 9.17) is 5.73 Å². The number of rotatable bonds is 8. The van der Waals surface area contributed by atoms with Crippen molar-refractivity contribution in [2.45, 2.75) is 52.5 Å². The number of carbonyl (C=O) groups is 2. The second kappa shape index (κ2) is 10.4. The molecule has 0 spiro atoms. The van der Waals surface area contributed by atoms with Gasteiger partial charge in [0.25, 0.3) is 5.91 Å². The molecule has 0 unspecified atom stereocenters. The lowest BCUT2D eigenvalue weighted by Crippen LogP contribution is -2.49. The molecule has 0 bridgehead atoms. The maximum Gasteiger partial charge on any atom is 0.251 e. The quantitative estimate of drug-likeness (QED) is 0.652. The van der Waals surface area contributed by atoms with E-state index in [0.29, 0.717) is 13.0 Å². The fourth-order valence-electron chi connectivity index (χ4n) is 2.19. The summed E-state index contributed by atoms with van der Waals surface area (Å²) in [5.74, 6) is -1.08. The van der Waals surface area contributed by atoms with Gasteiger partial charge in [0, 0.05) is 24.1 Å². The van der Waals surface area contributed by atoms with Gasteiger partial charge in [-0.05, 0) is 37.0 Å². The number of carbonyl (C=O) groups excluding carboxylic acids is 2. The molecule has 0 atom stereocenters. The third kappa shape index (κ3) is 7.40. The Bertz CT molecular complexity index is 590. The number of benzene rings is 1. The van der Waals surface area contributed by atoms with Gasteiger partial charge < -0.3 is 16.4 Å². The molecule has 7 heteroatoms. The largest absolute Gasteiger partial charge is 0.350 e. The maximum atomic E-state index is 14.1. The zero-order valence-electron chi connectivity index (χ0n) is 15.3. The average Bonchev–Trinajstić information content (AvgIpc) is 2.53. The second-order valence-corrected chi connectivity index (χ2v) is 6.59. The maximum absolute atomic E-state index is 14.1. The van der Waals surface area contributed by atoms with Gasteiger partial charge in [-0.25, -0.2) is 4.39 Å². The molecule has 1 rings (SSSR count). The summed E-state index contributed by atoms with van der Waals surface area (Å²) < 4.78 is 14.1. The topological polar surface area (TPSA) is 84.2 Å². The average molecular weight is 374 g/mol. The Kier molecular flexibility index (Phi) is 9.67. The van der Waals surface area contributed by atoms with Crippen molar-refractivity contribution in [2.24, 2.45) is 11.7 Å². The third-order valence-electron chi connectivity index (χ3n) is 4.11. The normalized spacial score (nSPS) is 11.0. The Morgan fingerprint density at radius 3 is 2.32 bits per heavy atom. The molecule has 5 nitrogen and oxygen atoms in total. The van der Waals surface area contributed by atoms with Gasteiger partial charge >= 0.3 is 0 Å². The van der Waals surface area contributed by atoms with Crippen molar-refractivity contribution in [3.05, 3.63) is 29.6 Å². The molecular formula is C18H29ClFN3O2. The lowest BCUT2D eigenvalue weighted by atomic mass is 9.94. The number of amides is 2. The number of halogens is 2. The monoisotopic (exact) mass is 373 g/mol. The Morgan fingerprint density at radius 1 is 1.24 bits per heavy atom. The van der Waals surface area contributed by atoms with Crippen molar-refractivity contribution < 1.29 is 14.0 Å². The number of nitrogens with two attached hydrogens (primary N) is 1. The molecule has 1 aromatic carbocycles. The number of anilines is 1. The Hall–Kier alpha value is -1.66. The first kappa shape index (κ1) is 23.3. The minimum atomic E-state index is -0.634. The van der Waals surface area contributed by atoms with Crippen molar-refractivity contribution in [1.29, 1.82) is 0 Å². The molecule has 2 amide bonds. The summed E-state index contributed by atoms with van der Waals surface area (Å²) in [5, 5.41) is 5.25.